The summed E-state index contributed by atoms with van der Waals surface area (Å²) in [6, 6.07) is 3.62. The molecule has 1 aromatic carbocycles. The van der Waals surface area contributed by atoms with Crippen molar-refractivity contribution in [2.75, 3.05) is 0 Å². The molecule has 17 heavy (non-hydrogen) atoms. The van der Waals surface area contributed by atoms with Gasteiger partial charge in [-0.25, -0.2) is 0 Å². The van der Waals surface area contributed by atoms with Crippen molar-refractivity contribution in [1.29, 1.82) is 0 Å². The van der Waals surface area contributed by atoms with E-state index in [0.717, 1.165) is 21.2 Å². The molecular formula is C12H18BrClN2O. The van der Waals surface area contributed by atoms with Crippen molar-refractivity contribution in [3.05, 3.63) is 33.3 Å². The van der Waals surface area contributed by atoms with Gasteiger partial charge in [-0.2, -0.15) is 0 Å². The molecule has 1 aromatic rings. The number of nitrogens with two attached hydrogens (primary N) is 1. The van der Waals surface area contributed by atoms with Gasteiger partial charge in [0.05, 0.1) is 6.04 Å². The Kier molecular flexibility index (Phi) is 6.75. The Bertz CT molecular complexity index is 384. The van der Waals surface area contributed by atoms with E-state index in [4.69, 9.17) is 5.73 Å². The lowest BCUT2D eigenvalue weighted by Crippen LogP contribution is -2.38. The van der Waals surface area contributed by atoms with Gasteiger partial charge in [0.15, 0.2) is 0 Å². The number of halogens is 2. The number of nitrogens with one attached hydrogen (secondary N) is 1. The van der Waals surface area contributed by atoms with Crippen LogP contribution in [-0.2, 0) is 11.3 Å². The van der Waals surface area contributed by atoms with Gasteiger partial charge in [0, 0.05) is 11.0 Å². The number of hydrogen-bond donors (Lipinski definition) is 2. The highest BCUT2D eigenvalue weighted by Crippen LogP contribution is 2.20. The molecule has 1 rings (SSSR count). The molecule has 1 atom stereocenters. The van der Waals surface area contributed by atoms with Gasteiger partial charge in [0.25, 0.3) is 0 Å². The standard InChI is InChI=1S/C12H17BrN2O.ClH/c1-7-4-10(13)5-8(2)11(7)6-15-12(16)9(3)14;/h4-5,9H,6,14H2,1-3H3,(H,15,16);1H/t9-;/m1./s1. The fourth-order valence-electron chi connectivity index (χ4n) is 1.56. The molecule has 5 heteroatoms. The monoisotopic (exact) mass is 320 g/mol. The number of hydrogen-bond acceptors (Lipinski definition) is 2. The quantitative estimate of drug-likeness (QED) is 0.898. The Hall–Kier alpha value is -0.580. The van der Waals surface area contributed by atoms with Gasteiger partial charge in [0.1, 0.15) is 0 Å². The fourth-order valence-corrected chi connectivity index (χ4v) is 2.24. The average molecular weight is 322 g/mol. The van der Waals surface area contributed by atoms with E-state index in [1.54, 1.807) is 6.92 Å². The number of carbonyl (C=O) groups excluding carboxylic acids is 1. The molecule has 1 amide bonds. The van der Waals surface area contributed by atoms with Gasteiger partial charge in [-0.3, -0.25) is 4.79 Å². The van der Waals surface area contributed by atoms with Crippen LogP contribution in [0.2, 0.25) is 0 Å². The highest BCUT2D eigenvalue weighted by Gasteiger charge is 2.09. The molecule has 0 spiro atoms. The van der Waals surface area contributed by atoms with Crippen LogP contribution in [0.5, 0.6) is 0 Å². The molecule has 0 radical (unpaired) electrons. The summed E-state index contributed by atoms with van der Waals surface area (Å²) in [4.78, 5) is 11.4. The lowest BCUT2D eigenvalue weighted by atomic mass is 10.0. The van der Waals surface area contributed by atoms with E-state index in [0.29, 0.717) is 6.54 Å². The van der Waals surface area contributed by atoms with Gasteiger partial charge in [-0.1, -0.05) is 15.9 Å². The summed E-state index contributed by atoms with van der Waals surface area (Å²) < 4.78 is 1.06. The minimum absolute atomic E-state index is 0. The molecule has 0 heterocycles. The summed E-state index contributed by atoms with van der Waals surface area (Å²) in [7, 11) is 0. The number of benzene rings is 1. The Balaban J connectivity index is 0.00000256. The predicted molar refractivity (Wildman–Crippen MR) is 76.4 cm³/mol. The maximum absolute atomic E-state index is 11.4. The number of amides is 1. The Morgan fingerprint density at radius 3 is 2.29 bits per heavy atom. The minimum Gasteiger partial charge on any atom is -0.351 e. The third kappa shape index (κ3) is 4.66. The molecule has 96 valence electrons. The smallest absolute Gasteiger partial charge is 0.236 e. The topological polar surface area (TPSA) is 55.1 Å². The third-order valence-electron chi connectivity index (χ3n) is 2.51. The van der Waals surface area contributed by atoms with E-state index < -0.39 is 6.04 Å². The van der Waals surface area contributed by atoms with Crippen LogP contribution < -0.4 is 11.1 Å². The summed E-state index contributed by atoms with van der Waals surface area (Å²) >= 11 is 3.44. The fraction of sp³-hybridized carbons (Fsp3) is 0.417. The Morgan fingerprint density at radius 2 is 1.88 bits per heavy atom. The second-order valence-corrected chi connectivity index (χ2v) is 4.94. The van der Waals surface area contributed by atoms with Crippen molar-refractivity contribution >= 4 is 34.2 Å². The largest absolute Gasteiger partial charge is 0.351 e. The van der Waals surface area contributed by atoms with Crippen LogP contribution in [0.25, 0.3) is 0 Å². The number of carbonyl (C=O) groups is 1. The summed E-state index contributed by atoms with van der Waals surface area (Å²) in [5.41, 5.74) is 8.96. The van der Waals surface area contributed by atoms with E-state index in [9.17, 15) is 4.79 Å². The second kappa shape index (κ2) is 6.99. The first-order valence-electron chi connectivity index (χ1n) is 5.20. The van der Waals surface area contributed by atoms with Crippen LogP contribution in [-0.4, -0.2) is 11.9 Å². The van der Waals surface area contributed by atoms with Crippen LogP contribution in [0.1, 0.15) is 23.6 Å². The van der Waals surface area contributed by atoms with Gasteiger partial charge < -0.3 is 11.1 Å². The van der Waals surface area contributed by atoms with Crippen molar-refractivity contribution in [2.24, 2.45) is 5.73 Å². The average Bonchev–Trinajstić information content (AvgIpc) is 2.15. The highest BCUT2D eigenvalue weighted by atomic mass is 79.9. The first-order valence-corrected chi connectivity index (χ1v) is 6.00. The molecule has 0 aromatic heterocycles. The molecule has 0 aliphatic rings. The zero-order chi connectivity index (χ0) is 12.3. The van der Waals surface area contributed by atoms with Gasteiger partial charge >= 0.3 is 0 Å². The Labute approximate surface area is 117 Å². The van der Waals surface area contributed by atoms with Crippen molar-refractivity contribution in [3.8, 4) is 0 Å². The predicted octanol–water partition coefficient (Wildman–Crippen LogP) is 2.45. The van der Waals surface area contributed by atoms with Crippen LogP contribution in [0.3, 0.4) is 0 Å². The first kappa shape index (κ1) is 16.4. The number of rotatable bonds is 3. The van der Waals surface area contributed by atoms with E-state index in [-0.39, 0.29) is 18.3 Å². The van der Waals surface area contributed by atoms with E-state index in [2.05, 4.69) is 21.2 Å². The Morgan fingerprint density at radius 1 is 1.41 bits per heavy atom. The van der Waals surface area contributed by atoms with Crippen molar-refractivity contribution < 1.29 is 4.79 Å². The van der Waals surface area contributed by atoms with E-state index in [1.807, 2.05) is 26.0 Å². The lowest BCUT2D eigenvalue weighted by Gasteiger charge is -2.13. The zero-order valence-electron chi connectivity index (χ0n) is 10.2. The van der Waals surface area contributed by atoms with Crippen molar-refractivity contribution in [3.63, 3.8) is 0 Å². The normalized spacial score (nSPS) is 11.6. The highest BCUT2D eigenvalue weighted by molar-refractivity contribution is 9.10. The molecule has 0 unspecified atom stereocenters. The van der Waals surface area contributed by atoms with Crippen LogP contribution >= 0.6 is 28.3 Å². The summed E-state index contributed by atoms with van der Waals surface area (Å²) in [5.74, 6) is -0.123. The van der Waals surface area contributed by atoms with Gasteiger partial charge in [-0.05, 0) is 49.6 Å². The van der Waals surface area contributed by atoms with Crippen molar-refractivity contribution in [1.82, 2.24) is 5.32 Å². The molecule has 0 bridgehead atoms. The van der Waals surface area contributed by atoms with Crippen LogP contribution in [0.4, 0.5) is 0 Å². The number of aryl methyl sites for hydroxylation is 2. The minimum atomic E-state index is -0.462. The van der Waals surface area contributed by atoms with Crippen LogP contribution in [0, 0.1) is 13.8 Å². The second-order valence-electron chi connectivity index (χ2n) is 4.02. The van der Waals surface area contributed by atoms with Gasteiger partial charge in [0.2, 0.25) is 5.91 Å². The molecule has 0 saturated heterocycles. The molecule has 0 saturated carbocycles. The zero-order valence-corrected chi connectivity index (χ0v) is 12.6. The summed E-state index contributed by atoms with van der Waals surface area (Å²) in [6.07, 6.45) is 0. The first-order chi connectivity index (χ1) is 7.41. The third-order valence-corrected chi connectivity index (χ3v) is 2.97. The van der Waals surface area contributed by atoms with E-state index in [1.165, 1.54) is 0 Å². The summed E-state index contributed by atoms with van der Waals surface area (Å²) in [6.45, 7) is 6.28. The molecule has 0 aliphatic carbocycles. The van der Waals surface area contributed by atoms with Gasteiger partial charge in [-0.15, -0.1) is 12.4 Å². The molecule has 3 nitrogen and oxygen atoms in total. The van der Waals surface area contributed by atoms with E-state index >= 15 is 0 Å². The van der Waals surface area contributed by atoms with Crippen molar-refractivity contribution in [2.45, 2.75) is 33.4 Å². The molecule has 3 N–H and O–H groups in total. The molecule has 0 aliphatic heterocycles. The summed E-state index contributed by atoms with van der Waals surface area (Å²) in [5, 5.41) is 2.82. The molecule has 0 fully saturated rings. The van der Waals surface area contributed by atoms with Crippen LogP contribution in [0.15, 0.2) is 16.6 Å². The lowest BCUT2D eigenvalue weighted by molar-refractivity contribution is -0.122. The maximum Gasteiger partial charge on any atom is 0.236 e. The molecular weight excluding hydrogens is 304 g/mol. The SMILES string of the molecule is Cc1cc(Br)cc(C)c1CNC(=O)[C@@H](C)N.Cl. The maximum atomic E-state index is 11.4.